The van der Waals surface area contributed by atoms with Gasteiger partial charge in [0.25, 0.3) is 0 Å². The first-order chi connectivity index (χ1) is 7.24. The summed E-state index contributed by atoms with van der Waals surface area (Å²) in [6.07, 6.45) is 3.43. The maximum Gasteiger partial charge on any atom is 0.236 e. The van der Waals surface area contributed by atoms with Crippen LogP contribution in [-0.2, 0) is 11.2 Å². The van der Waals surface area contributed by atoms with Crippen LogP contribution in [0.25, 0.3) is 0 Å². The van der Waals surface area contributed by atoms with Crippen LogP contribution in [0.15, 0.2) is 10.9 Å². The molecule has 0 saturated heterocycles. The normalized spacial score (nSPS) is 12.4. The molecule has 1 amide bonds. The van der Waals surface area contributed by atoms with Crippen molar-refractivity contribution in [3.8, 4) is 0 Å². The Bertz CT molecular complexity index is 286. The summed E-state index contributed by atoms with van der Waals surface area (Å²) in [4.78, 5) is 15.2. The van der Waals surface area contributed by atoms with E-state index in [1.807, 2.05) is 6.92 Å². The molecular weight excluding hydrogens is 196 g/mol. The SMILES string of the molecule is CCC[C@H](N)C(=O)NCCc1ncon1. The van der Waals surface area contributed by atoms with Crippen molar-refractivity contribution in [1.29, 1.82) is 0 Å². The zero-order chi connectivity index (χ0) is 11.1. The van der Waals surface area contributed by atoms with Gasteiger partial charge in [0.2, 0.25) is 12.3 Å². The first-order valence-corrected chi connectivity index (χ1v) is 5.02. The van der Waals surface area contributed by atoms with E-state index in [1.165, 1.54) is 6.39 Å². The molecule has 0 aromatic carbocycles. The van der Waals surface area contributed by atoms with Gasteiger partial charge in [-0.05, 0) is 6.42 Å². The molecule has 0 unspecified atom stereocenters. The van der Waals surface area contributed by atoms with Crippen LogP contribution in [0.4, 0.5) is 0 Å². The van der Waals surface area contributed by atoms with Crippen molar-refractivity contribution >= 4 is 5.91 Å². The highest BCUT2D eigenvalue weighted by atomic mass is 16.5. The van der Waals surface area contributed by atoms with Crippen LogP contribution in [0.5, 0.6) is 0 Å². The van der Waals surface area contributed by atoms with Crippen LogP contribution in [0.1, 0.15) is 25.6 Å². The van der Waals surface area contributed by atoms with Gasteiger partial charge in [0, 0.05) is 13.0 Å². The van der Waals surface area contributed by atoms with Crippen LogP contribution < -0.4 is 11.1 Å². The Morgan fingerprint density at radius 3 is 3.13 bits per heavy atom. The summed E-state index contributed by atoms with van der Waals surface area (Å²) < 4.78 is 4.56. The van der Waals surface area contributed by atoms with E-state index in [9.17, 15) is 4.79 Å². The smallest absolute Gasteiger partial charge is 0.236 e. The molecule has 1 aromatic rings. The topological polar surface area (TPSA) is 94.0 Å². The fourth-order valence-corrected chi connectivity index (χ4v) is 1.17. The van der Waals surface area contributed by atoms with Crippen LogP contribution in [0.3, 0.4) is 0 Å². The Hall–Kier alpha value is -1.43. The summed E-state index contributed by atoms with van der Waals surface area (Å²) in [5.41, 5.74) is 5.63. The van der Waals surface area contributed by atoms with Gasteiger partial charge in [-0.2, -0.15) is 4.98 Å². The number of amides is 1. The molecule has 0 saturated carbocycles. The van der Waals surface area contributed by atoms with Crippen molar-refractivity contribution in [2.24, 2.45) is 5.73 Å². The zero-order valence-electron chi connectivity index (χ0n) is 8.77. The molecule has 3 N–H and O–H groups in total. The van der Waals surface area contributed by atoms with E-state index < -0.39 is 6.04 Å². The van der Waals surface area contributed by atoms with Gasteiger partial charge in [-0.25, -0.2) is 0 Å². The maximum atomic E-state index is 11.4. The number of hydrogen-bond donors (Lipinski definition) is 2. The van der Waals surface area contributed by atoms with Crippen molar-refractivity contribution < 1.29 is 9.32 Å². The quantitative estimate of drug-likeness (QED) is 0.684. The second-order valence-corrected chi connectivity index (χ2v) is 3.28. The van der Waals surface area contributed by atoms with Gasteiger partial charge in [0.05, 0.1) is 6.04 Å². The highest BCUT2D eigenvalue weighted by Crippen LogP contribution is 1.93. The van der Waals surface area contributed by atoms with Gasteiger partial charge in [0.1, 0.15) is 0 Å². The molecule has 0 radical (unpaired) electrons. The van der Waals surface area contributed by atoms with Crippen LogP contribution in [0.2, 0.25) is 0 Å². The van der Waals surface area contributed by atoms with Gasteiger partial charge >= 0.3 is 0 Å². The van der Waals surface area contributed by atoms with Crippen molar-refractivity contribution in [3.05, 3.63) is 12.2 Å². The monoisotopic (exact) mass is 212 g/mol. The molecule has 0 aliphatic carbocycles. The second-order valence-electron chi connectivity index (χ2n) is 3.28. The van der Waals surface area contributed by atoms with E-state index in [-0.39, 0.29) is 5.91 Å². The first kappa shape index (κ1) is 11.6. The predicted octanol–water partition coefficient (Wildman–Crippen LogP) is -0.144. The second kappa shape index (κ2) is 6.13. The number of rotatable bonds is 6. The standard InChI is InChI=1S/C9H16N4O2/c1-2-3-7(10)9(14)11-5-4-8-12-6-15-13-8/h6-7H,2-5,10H2,1H3,(H,11,14)/t7-/m0/s1. The average Bonchev–Trinajstić information content (AvgIpc) is 2.71. The van der Waals surface area contributed by atoms with E-state index in [4.69, 9.17) is 5.73 Å². The Balaban J connectivity index is 2.17. The molecule has 84 valence electrons. The Labute approximate surface area is 88.2 Å². The Morgan fingerprint density at radius 2 is 2.53 bits per heavy atom. The number of hydrogen-bond acceptors (Lipinski definition) is 5. The van der Waals surface area contributed by atoms with Gasteiger partial charge < -0.3 is 15.6 Å². The summed E-state index contributed by atoms with van der Waals surface area (Å²) in [5.74, 6) is 0.458. The highest BCUT2D eigenvalue weighted by molar-refractivity contribution is 5.81. The van der Waals surface area contributed by atoms with Gasteiger partial charge in [-0.15, -0.1) is 0 Å². The number of carbonyl (C=O) groups excluding carboxylic acids is 1. The third-order valence-corrected chi connectivity index (χ3v) is 1.99. The fraction of sp³-hybridized carbons (Fsp3) is 0.667. The minimum atomic E-state index is -0.416. The molecule has 0 spiro atoms. The Kier molecular flexibility index (Phi) is 4.76. The highest BCUT2D eigenvalue weighted by Gasteiger charge is 2.11. The minimum Gasteiger partial charge on any atom is -0.354 e. The molecular formula is C9H16N4O2. The Morgan fingerprint density at radius 1 is 1.73 bits per heavy atom. The average molecular weight is 212 g/mol. The lowest BCUT2D eigenvalue weighted by atomic mass is 10.2. The molecule has 0 aliphatic heterocycles. The minimum absolute atomic E-state index is 0.125. The van der Waals surface area contributed by atoms with E-state index in [1.54, 1.807) is 0 Å². The lowest BCUT2D eigenvalue weighted by Crippen LogP contribution is -2.41. The van der Waals surface area contributed by atoms with Crippen LogP contribution >= 0.6 is 0 Å². The molecule has 15 heavy (non-hydrogen) atoms. The van der Waals surface area contributed by atoms with Gasteiger partial charge in [-0.1, -0.05) is 18.5 Å². The van der Waals surface area contributed by atoms with E-state index in [0.717, 1.165) is 6.42 Å². The molecule has 1 atom stereocenters. The summed E-state index contributed by atoms with van der Waals surface area (Å²) in [7, 11) is 0. The third-order valence-electron chi connectivity index (χ3n) is 1.99. The largest absolute Gasteiger partial charge is 0.354 e. The summed E-state index contributed by atoms with van der Waals surface area (Å²) in [5, 5.41) is 6.35. The molecule has 0 fully saturated rings. The van der Waals surface area contributed by atoms with Gasteiger partial charge in [-0.3, -0.25) is 4.79 Å². The van der Waals surface area contributed by atoms with E-state index in [2.05, 4.69) is 20.0 Å². The lowest BCUT2D eigenvalue weighted by molar-refractivity contribution is -0.122. The van der Waals surface area contributed by atoms with Crippen molar-refractivity contribution in [1.82, 2.24) is 15.5 Å². The lowest BCUT2D eigenvalue weighted by Gasteiger charge is -2.09. The molecule has 0 bridgehead atoms. The number of nitrogens with two attached hydrogens (primary N) is 1. The molecule has 6 nitrogen and oxygen atoms in total. The number of nitrogens with one attached hydrogen (secondary N) is 1. The number of nitrogens with zero attached hydrogens (tertiary/aromatic N) is 2. The third kappa shape index (κ3) is 4.07. The van der Waals surface area contributed by atoms with Gasteiger partial charge in [0.15, 0.2) is 5.82 Å². The van der Waals surface area contributed by atoms with E-state index in [0.29, 0.717) is 25.2 Å². The van der Waals surface area contributed by atoms with Crippen molar-refractivity contribution in [2.45, 2.75) is 32.2 Å². The molecule has 6 heteroatoms. The summed E-state index contributed by atoms with van der Waals surface area (Å²) in [6, 6.07) is -0.416. The zero-order valence-corrected chi connectivity index (χ0v) is 8.77. The van der Waals surface area contributed by atoms with Crippen LogP contribution in [-0.4, -0.2) is 28.6 Å². The maximum absolute atomic E-state index is 11.4. The van der Waals surface area contributed by atoms with E-state index >= 15 is 0 Å². The van der Waals surface area contributed by atoms with Crippen molar-refractivity contribution in [2.75, 3.05) is 6.54 Å². The summed E-state index contributed by atoms with van der Waals surface area (Å²) in [6.45, 7) is 2.47. The fourth-order valence-electron chi connectivity index (χ4n) is 1.17. The molecule has 1 heterocycles. The van der Waals surface area contributed by atoms with Crippen molar-refractivity contribution in [3.63, 3.8) is 0 Å². The molecule has 1 rings (SSSR count). The van der Waals surface area contributed by atoms with Crippen LogP contribution in [0, 0.1) is 0 Å². The predicted molar refractivity (Wildman–Crippen MR) is 53.9 cm³/mol. The first-order valence-electron chi connectivity index (χ1n) is 5.02. The summed E-state index contributed by atoms with van der Waals surface area (Å²) >= 11 is 0. The molecule has 0 aliphatic rings. The number of carbonyl (C=O) groups is 1. The molecule has 1 aromatic heterocycles. The number of aromatic nitrogens is 2.